The van der Waals surface area contributed by atoms with E-state index in [0.717, 1.165) is 11.8 Å². The van der Waals surface area contributed by atoms with Crippen molar-refractivity contribution >= 4 is 21.6 Å². The van der Waals surface area contributed by atoms with Gasteiger partial charge in [0, 0.05) is 19.3 Å². The Morgan fingerprint density at radius 1 is 0.963 bits per heavy atom. The lowest BCUT2D eigenvalue weighted by molar-refractivity contribution is 0.0942. The van der Waals surface area contributed by atoms with E-state index in [1.807, 2.05) is 47.2 Å². The van der Waals surface area contributed by atoms with Crippen LogP contribution in [0.4, 0.5) is 5.69 Å². The van der Waals surface area contributed by atoms with Crippen molar-refractivity contribution in [2.75, 3.05) is 11.0 Å². The topological polar surface area (TPSA) is 80.2 Å². The van der Waals surface area contributed by atoms with Gasteiger partial charge in [0.15, 0.2) is 0 Å². The van der Waals surface area contributed by atoms with Crippen molar-refractivity contribution in [1.82, 2.24) is 9.88 Å². The molecule has 0 radical (unpaired) electrons. The average Bonchev–Trinajstić information content (AvgIpc) is 3.08. The summed E-state index contributed by atoms with van der Waals surface area (Å²) in [7, 11) is -3.39. The summed E-state index contributed by atoms with van der Waals surface area (Å²) in [6, 6.07) is 20.5. The number of anilines is 1. The van der Waals surface area contributed by atoms with Crippen molar-refractivity contribution in [3.8, 4) is 0 Å². The minimum absolute atomic E-state index is 0.216. The third kappa shape index (κ3) is 5.21. The zero-order chi connectivity index (χ0) is 19.3. The highest BCUT2D eigenvalue weighted by molar-refractivity contribution is 7.92. The van der Waals surface area contributed by atoms with Gasteiger partial charge in [0.1, 0.15) is 5.69 Å². The normalized spacial score (nSPS) is 11.1. The molecule has 140 valence electrons. The fourth-order valence-corrected chi connectivity index (χ4v) is 3.38. The first kappa shape index (κ1) is 18.7. The van der Waals surface area contributed by atoms with Crippen molar-refractivity contribution < 1.29 is 13.2 Å². The molecule has 2 N–H and O–H groups in total. The molecule has 7 heteroatoms. The number of benzene rings is 2. The first-order valence-electron chi connectivity index (χ1n) is 8.45. The summed E-state index contributed by atoms with van der Waals surface area (Å²) in [4.78, 5) is 12.6. The van der Waals surface area contributed by atoms with Crippen LogP contribution >= 0.6 is 0 Å². The van der Waals surface area contributed by atoms with Crippen LogP contribution in [0.3, 0.4) is 0 Å². The minimum Gasteiger partial charge on any atom is -0.347 e. The van der Waals surface area contributed by atoms with Crippen LogP contribution in [-0.4, -0.2) is 25.1 Å². The first-order valence-corrected chi connectivity index (χ1v) is 10.3. The first-order chi connectivity index (χ1) is 12.9. The molecule has 6 nitrogen and oxygen atoms in total. The lowest BCUT2D eigenvalue weighted by atomic mass is 10.2. The number of sulfonamides is 1. The molecule has 0 spiro atoms. The Morgan fingerprint density at radius 2 is 1.67 bits per heavy atom. The van der Waals surface area contributed by atoms with Gasteiger partial charge in [0.05, 0.1) is 11.9 Å². The highest BCUT2D eigenvalue weighted by Crippen LogP contribution is 2.16. The van der Waals surface area contributed by atoms with Gasteiger partial charge in [-0.1, -0.05) is 48.5 Å². The summed E-state index contributed by atoms with van der Waals surface area (Å²) in [5, 5.41) is 2.86. The molecule has 0 fully saturated rings. The molecule has 3 rings (SSSR count). The lowest BCUT2D eigenvalue weighted by Crippen LogP contribution is -2.26. The van der Waals surface area contributed by atoms with Crippen molar-refractivity contribution in [2.24, 2.45) is 0 Å². The number of nitrogens with zero attached hydrogens (tertiary/aromatic N) is 1. The highest BCUT2D eigenvalue weighted by atomic mass is 32.2. The number of para-hydroxylation sites is 1. The van der Waals surface area contributed by atoms with Gasteiger partial charge in [0.25, 0.3) is 5.91 Å². The Labute approximate surface area is 158 Å². The van der Waals surface area contributed by atoms with Crippen LogP contribution in [0, 0.1) is 0 Å². The van der Waals surface area contributed by atoms with E-state index in [-0.39, 0.29) is 12.5 Å². The molecule has 3 aromatic rings. The number of amides is 1. The molecule has 0 unspecified atom stereocenters. The number of nitrogens with one attached hydrogen (secondary N) is 2. The third-order valence-corrected chi connectivity index (χ3v) is 4.60. The number of carbonyl (C=O) groups excluding carboxylic acids is 1. The van der Waals surface area contributed by atoms with Crippen LogP contribution in [0.2, 0.25) is 0 Å². The fourth-order valence-electron chi connectivity index (χ4n) is 2.78. The molecule has 0 atom stereocenters. The van der Waals surface area contributed by atoms with Gasteiger partial charge >= 0.3 is 0 Å². The summed E-state index contributed by atoms with van der Waals surface area (Å²) in [6.07, 6.45) is 2.96. The minimum atomic E-state index is -3.39. The van der Waals surface area contributed by atoms with Gasteiger partial charge in [-0.15, -0.1) is 0 Å². The number of hydrogen-bond acceptors (Lipinski definition) is 3. The molecule has 0 bridgehead atoms. The molecular weight excluding hydrogens is 362 g/mol. The van der Waals surface area contributed by atoms with Crippen molar-refractivity contribution in [3.05, 3.63) is 89.7 Å². The van der Waals surface area contributed by atoms with Crippen LogP contribution in [0.1, 0.15) is 21.6 Å². The van der Waals surface area contributed by atoms with Gasteiger partial charge < -0.3 is 9.88 Å². The van der Waals surface area contributed by atoms with E-state index in [1.165, 1.54) is 0 Å². The van der Waals surface area contributed by atoms with E-state index in [2.05, 4.69) is 10.0 Å². The molecule has 0 saturated carbocycles. The van der Waals surface area contributed by atoms with Gasteiger partial charge in [-0.2, -0.15) is 0 Å². The van der Waals surface area contributed by atoms with Crippen LogP contribution < -0.4 is 10.0 Å². The van der Waals surface area contributed by atoms with E-state index in [1.54, 1.807) is 30.3 Å². The average molecular weight is 383 g/mol. The quantitative estimate of drug-likeness (QED) is 0.658. The molecule has 27 heavy (non-hydrogen) atoms. The number of carbonyl (C=O) groups is 1. The number of rotatable bonds is 7. The predicted molar refractivity (Wildman–Crippen MR) is 106 cm³/mol. The Balaban J connectivity index is 1.70. The Bertz CT molecular complexity index is 1030. The molecule has 1 heterocycles. The second-order valence-corrected chi connectivity index (χ2v) is 7.97. The van der Waals surface area contributed by atoms with E-state index >= 15 is 0 Å². The smallest absolute Gasteiger partial charge is 0.268 e. The maximum absolute atomic E-state index is 12.6. The number of aromatic nitrogens is 1. The lowest BCUT2D eigenvalue weighted by Gasteiger charge is -2.13. The Kier molecular flexibility index (Phi) is 5.61. The van der Waals surface area contributed by atoms with Crippen molar-refractivity contribution in [3.63, 3.8) is 0 Å². The molecule has 0 aliphatic carbocycles. The van der Waals surface area contributed by atoms with Gasteiger partial charge in [0.2, 0.25) is 10.0 Å². The summed E-state index contributed by atoms with van der Waals surface area (Å²) in [6.45, 7) is 0.816. The van der Waals surface area contributed by atoms with Crippen molar-refractivity contribution in [1.29, 1.82) is 0 Å². The standard InChI is InChI=1S/C20H21N3O3S/c1-27(25,26)22-18-11-6-5-10-17(18)14-21-20(24)19-12-7-13-23(19)15-16-8-3-2-4-9-16/h2-13,22H,14-15H2,1H3,(H,21,24). The van der Waals surface area contributed by atoms with Crippen LogP contribution in [0.15, 0.2) is 72.9 Å². The zero-order valence-corrected chi connectivity index (χ0v) is 15.7. The van der Waals surface area contributed by atoms with Crippen LogP contribution in [0.5, 0.6) is 0 Å². The second-order valence-electron chi connectivity index (χ2n) is 6.22. The van der Waals surface area contributed by atoms with E-state index in [4.69, 9.17) is 0 Å². The molecule has 1 aromatic heterocycles. The molecule has 1 amide bonds. The molecule has 0 saturated heterocycles. The van der Waals surface area contributed by atoms with Gasteiger partial charge in [-0.25, -0.2) is 8.42 Å². The monoisotopic (exact) mass is 383 g/mol. The van der Waals surface area contributed by atoms with Gasteiger partial charge in [-0.3, -0.25) is 9.52 Å². The Morgan fingerprint density at radius 3 is 2.41 bits per heavy atom. The van der Waals surface area contributed by atoms with E-state index in [0.29, 0.717) is 23.5 Å². The van der Waals surface area contributed by atoms with Crippen LogP contribution in [0.25, 0.3) is 0 Å². The number of hydrogen-bond donors (Lipinski definition) is 2. The highest BCUT2D eigenvalue weighted by Gasteiger charge is 2.12. The van der Waals surface area contributed by atoms with Gasteiger partial charge in [-0.05, 0) is 29.3 Å². The largest absolute Gasteiger partial charge is 0.347 e. The molecule has 0 aliphatic rings. The second kappa shape index (κ2) is 8.09. The fraction of sp³-hybridized carbons (Fsp3) is 0.150. The molecule has 2 aromatic carbocycles. The summed E-state index contributed by atoms with van der Waals surface area (Å²) < 4.78 is 27.3. The van der Waals surface area contributed by atoms with E-state index < -0.39 is 10.0 Å². The summed E-state index contributed by atoms with van der Waals surface area (Å²) in [5.74, 6) is -0.218. The summed E-state index contributed by atoms with van der Waals surface area (Å²) in [5.41, 5.74) is 2.80. The van der Waals surface area contributed by atoms with Crippen LogP contribution in [-0.2, 0) is 23.1 Å². The van der Waals surface area contributed by atoms with E-state index in [9.17, 15) is 13.2 Å². The van der Waals surface area contributed by atoms with Crippen molar-refractivity contribution in [2.45, 2.75) is 13.1 Å². The predicted octanol–water partition coefficient (Wildman–Crippen LogP) is 2.84. The summed E-state index contributed by atoms with van der Waals surface area (Å²) >= 11 is 0. The maximum atomic E-state index is 12.6. The Hall–Kier alpha value is -3.06. The SMILES string of the molecule is CS(=O)(=O)Nc1ccccc1CNC(=O)c1cccn1Cc1ccccc1. The zero-order valence-electron chi connectivity index (χ0n) is 14.9. The molecular formula is C20H21N3O3S. The maximum Gasteiger partial charge on any atom is 0.268 e. The third-order valence-electron chi connectivity index (χ3n) is 4.01. The molecule has 0 aliphatic heterocycles.